The van der Waals surface area contributed by atoms with E-state index in [1.807, 2.05) is 19.9 Å². The third-order valence-corrected chi connectivity index (χ3v) is 8.75. The summed E-state index contributed by atoms with van der Waals surface area (Å²) in [6, 6.07) is 0. The molecule has 6 atom stereocenters. The molecule has 0 aromatic carbocycles. The number of allylic oxidation sites excluding steroid dienone is 4. The van der Waals surface area contributed by atoms with Gasteiger partial charge in [0.1, 0.15) is 5.60 Å². The maximum Gasteiger partial charge on any atom is 0.303 e. The van der Waals surface area contributed by atoms with Crippen LogP contribution in [0.4, 0.5) is 0 Å². The lowest BCUT2D eigenvalue weighted by Gasteiger charge is -2.54. The fourth-order valence-corrected chi connectivity index (χ4v) is 7.07. The molecule has 0 aromatic heterocycles. The Bertz CT molecular complexity index is 838. The Labute approximate surface area is 172 Å². The second kappa shape index (κ2) is 6.63. The van der Waals surface area contributed by atoms with E-state index >= 15 is 0 Å². The van der Waals surface area contributed by atoms with E-state index in [2.05, 4.69) is 13.0 Å². The minimum atomic E-state index is -1.49. The van der Waals surface area contributed by atoms with E-state index in [1.165, 1.54) is 18.1 Å². The predicted molar refractivity (Wildman–Crippen MR) is 108 cm³/mol. The molecule has 5 heteroatoms. The van der Waals surface area contributed by atoms with Crippen molar-refractivity contribution in [2.75, 3.05) is 6.61 Å². The fourth-order valence-electron chi connectivity index (χ4n) is 7.07. The zero-order valence-electron chi connectivity index (χ0n) is 17.9. The predicted octanol–water partition coefficient (Wildman–Crippen LogP) is 3.55. The topological polar surface area (TPSA) is 80.7 Å². The second-order valence-electron chi connectivity index (χ2n) is 10.1. The van der Waals surface area contributed by atoms with E-state index in [4.69, 9.17) is 4.74 Å². The number of carbonyl (C=O) groups excluding carboxylic acids is 3. The van der Waals surface area contributed by atoms with Crippen LogP contribution >= 0.6 is 0 Å². The molecule has 2 saturated carbocycles. The molecule has 0 bridgehead atoms. The zero-order chi connectivity index (χ0) is 21.2. The molecule has 0 spiro atoms. The Morgan fingerprint density at radius 1 is 1.28 bits per heavy atom. The van der Waals surface area contributed by atoms with Gasteiger partial charge in [-0.05, 0) is 55.9 Å². The van der Waals surface area contributed by atoms with Gasteiger partial charge < -0.3 is 9.84 Å². The molecule has 1 N–H and O–H groups in total. The van der Waals surface area contributed by atoms with Crippen molar-refractivity contribution in [1.82, 2.24) is 0 Å². The molecule has 2 fully saturated rings. The summed E-state index contributed by atoms with van der Waals surface area (Å²) >= 11 is 0. The zero-order valence-corrected chi connectivity index (χ0v) is 17.9. The molecule has 0 saturated heterocycles. The molecule has 0 aromatic rings. The van der Waals surface area contributed by atoms with Crippen LogP contribution in [0.25, 0.3) is 0 Å². The van der Waals surface area contributed by atoms with Gasteiger partial charge in [-0.1, -0.05) is 38.0 Å². The van der Waals surface area contributed by atoms with Gasteiger partial charge in [-0.3, -0.25) is 14.4 Å². The number of fused-ring (bicyclic) bond motifs is 5. The van der Waals surface area contributed by atoms with Crippen molar-refractivity contribution in [1.29, 1.82) is 0 Å². The van der Waals surface area contributed by atoms with Crippen LogP contribution in [0.2, 0.25) is 0 Å². The van der Waals surface area contributed by atoms with Crippen LogP contribution in [0, 0.1) is 28.6 Å². The SMILES string of the molecule is CC(=O)OCC(=O)[C@@]1(O)[C@H](C)C[C@@H]2[C@@H]3CCC4=CC(=O)CC[C@@]4(C)C3=CC[C@@]21C. The molecule has 4 aliphatic carbocycles. The van der Waals surface area contributed by atoms with Crippen LogP contribution in [0.5, 0.6) is 0 Å². The standard InChI is InChI=1S/C24H32O5/c1-14-11-20-18-6-5-16-12-17(26)7-9-22(16,3)19(18)8-10-23(20,4)24(14,28)21(27)13-29-15(2)25/h8,12,14,18,20,28H,5-7,9-11,13H2,1-4H3/t14-,18-,20-,22-,23+,24+/m1/s1. The second-order valence-corrected chi connectivity index (χ2v) is 10.1. The van der Waals surface area contributed by atoms with Crippen molar-refractivity contribution < 1.29 is 24.2 Å². The molecule has 0 heterocycles. The largest absolute Gasteiger partial charge is 0.458 e. The first-order valence-corrected chi connectivity index (χ1v) is 10.9. The Balaban J connectivity index is 1.70. The third-order valence-electron chi connectivity index (χ3n) is 8.75. The summed E-state index contributed by atoms with van der Waals surface area (Å²) in [5, 5.41) is 11.7. The number of rotatable bonds is 3. The van der Waals surface area contributed by atoms with Crippen LogP contribution < -0.4 is 0 Å². The van der Waals surface area contributed by atoms with Gasteiger partial charge in [-0.15, -0.1) is 0 Å². The van der Waals surface area contributed by atoms with E-state index in [0.717, 1.165) is 25.7 Å². The Kier molecular flexibility index (Phi) is 4.69. The molecule has 29 heavy (non-hydrogen) atoms. The highest BCUT2D eigenvalue weighted by Gasteiger charge is 2.67. The molecule has 0 amide bonds. The summed E-state index contributed by atoms with van der Waals surface area (Å²) in [4.78, 5) is 36.2. The van der Waals surface area contributed by atoms with Crippen LogP contribution in [0.3, 0.4) is 0 Å². The summed E-state index contributed by atoms with van der Waals surface area (Å²) in [5.41, 5.74) is 0.541. The first-order chi connectivity index (χ1) is 13.5. The molecule has 4 aliphatic rings. The first-order valence-electron chi connectivity index (χ1n) is 10.9. The maximum absolute atomic E-state index is 13.0. The molecular weight excluding hydrogens is 368 g/mol. The summed E-state index contributed by atoms with van der Waals surface area (Å²) in [6.07, 6.45) is 8.85. The van der Waals surface area contributed by atoms with Crippen molar-refractivity contribution in [3.8, 4) is 0 Å². The maximum atomic E-state index is 13.0. The van der Waals surface area contributed by atoms with Gasteiger partial charge in [-0.25, -0.2) is 0 Å². The normalized spacial score (nSPS) is 43.5. The van der Waals surface area contributed by atoms with E-state index in [-0.39, 0.29) is 35.4 Å². The highest BCUT2D eigenvalue weighted by molar-refractivity contribution is 5.92. The molecule has 0 radical (unpaired) electrons. The van der Waals surface area contributed by atoms with Gasteiger partial charge in [-0.2, -0.15) is 0 Å². The summed E-state index contributed by atoms with van der Waals surface area (Å²) in [5.74, 6) is -0.315. The molecular formula is C24H32O5. The summed E-state index contributed by atoms with van der Waals surface area (Å²) in [7, 11) is 0. The number of esters is 1. The third kappa shape index (κ3) is 2.73. The summed E-state index contributed by atoms with van der Waals surface area (Å²) in [6.45, 7) is 7.16. The van der Waals surface area contributed by atoms with Gasteiger partial charge >= 0.3 is 5.97 Å². The van der Waals surface area contributed by atoms with E-state index in [1.54, 1.807) is 0 Å². The van der Waals surface area contributed by atoms with Crippen molar-refractivity contribution in [2.45, 2.75) is 71.8 Å². The summed E-state index contributed by atoms with van der Waals surface area (Å²) < 4.78 is 4.95. The van der Waals surface area contributed by atoms with Crippen molar-refractivity contribution in [3.63, 3.8) is 0 Å². The Morgan fingerprint density at radius 3 is 2.69 bits per heavy atom. The van der Waals surface area contributed by atoms with E-state index < -0.39 is 17.0 Å². The molecule has 0 aliphatic heterocycles. The highest BCUT2D eigenvalue weighted by atomic mass is 16.5. The molecule has 158 valence electrons. The molecule has 0 unspecified atom stereocenters. The number of ketones is 2. The Hall–Kier alpha value is -1.75. The fraction of sp³-hybridized carbons (Fsp3) is 0.708. The number of hydrogen-bond acceptors (Lipinski definition) is 5. The van der Waals surface area contributed by atoms with Gasteiger partial charge in [0.05, 0.1) is 0 Å². The Morgan fingerprint density at radius 2 is 2.00 bits per heavy atom. The van der Waals surface area contributed by atoms with Gasteiger partial charge in [0.15, 0.2) is 12.4 Å². The van der Waals surface area contributed by atoms with E-state index in [9.17, 15) is 19.5 Å². The van der Waals surface area contributed by atoms with Crippen LogP contribution in [-0.4, -0.2) is 34.9 Å². The van der Waals surface area contributed by atoms with Gasteiger partial charge in [0, 0.05) is 24.2 Å². The number of aliphatic hydroxyl groups is 1. The lowest BCUT2D eigenvalue weighted by Crippen LogP contribution is -2.57. The average molecular weight is 401 g/mol. The number of ether oxygens (including phenoxy) is 1. The highest BCUT2D eigenvalue weighted by Crippen LogP contribution is 2.66. The monoisotopic (exact) mass is 400 g/mol. The molecule has 5 nitrogen and oxygen atoms in total. The quantitative estimate of drug-likeness (QED) is 0.579. The average Bonchev–Trinajstić information content (AvgIpc) is 2.88. The lowest BCUT2D eigenvalue weighted by molar-refractivity contribution is -0.167. The van der Waals surface area contributed by atoms with Crippen molar-refractivity contribution in [3.05, 3.63) is 23.3 Å². The first kappa shape index (κ1) is 20.5. The smallest absolute Gasteiger partial charge is 0.303 e. The lowest BCUT2D eigenvalue weighted by atomic mass is 9.50. The number of Topliss-reactive ketones (excluding diaryl/α,β-unsaturated/α-hetero) is 1. The van der Waals surface area contributed by atoms with Gasteiger partial charge in [0.25, 0.3) is 0 Å². The van der Waals surface area contributed by atoms with Gasteiger partial charge in [0.2, 0.25) is 5.78 Å². The van der Waals surface area contributed by atoms with Crippen molar-refractivity contribution >= 4 is 17.5 Å². The molecule has 4 rings (SSSR count). The minimum absolute atomic E-state index is 0.0656. The van der Waals surface area contributed by atoms with Crippen LogP contribution in [0.1, 0.15) is 66.2 Å². The van der Waals surface area contributed by atoms with Crippen molar-refractivity contribution in [2.24, 2.45) is 28.6 Å². The number of hydrogen-bond donors (Lipinski definition) is 1. The number of carbonyl (C=O) groups is 3. The van der Waals surface area contributed by atoms with E-state index in [0.29, 0.717) is 18.8 Å². The minimum Gasteiger partial charge on any atom is -0.458 e. The van der Waals surface area contributed by atoms with Crippen LogP contribution in [0.15, 0.2) is 23.3 Å². The van der Waals surface area contributed by atoms with Crippen LogP contribution in [-0.2, 0) is 19.1 Å².